The SMILES string of the molecule is CCCCC(=O)Oc1ccc(C[C@H](NCCOC(=O)OC(C)CC)C(=O)OC)cc1OC(=O)CCCC. The minimum Gasteiger partial charge on any atom is -0.468 e. The van der Waals surface area contributed by atoms with E-state index in [4.69, 9.17) is 23.7 Å². The number of carbonyl (C=O) groups is 4. The summed E-state index contributed by atoms with van der Waals surface area (Å²) in [4.78, 5) is 48.5. The molecule has 0 heterocycles. The molecule has 2 atom stereocenters. The number of hydrogen-bond acceptors (Lipinski definition) is 10. The van der Waals surface area contributed by atoms with Crippen LogP contribution in [0, 0.1) is 0 Å². The van der Waals surface area contributed by atoms with Crippen molar-refractivity contribution in [2.75, 3.05) is 20.3 Å². The van der Waals surface area contributed by atoms with Crippen molar-refractivity contribution in [2.45, 2.75) is 91.2 Å². The van der Waals surface area contributed by atoms with E-state index in [9.17, 15) is 19.2 Å². The molecule has 1 aromatic carbocycles. The number of esters is 3. The first-order valence-corrected chi connectivity index (χ1v) is 12.9. The van der Waals surface area contributed by atoms with Crippen LogP contribution in [0.3, 0.4) is 0 Å². The van der Waals surface area contributed by atoms with E-state index in [1.54, 1.807) is 25.1 Å². The number of rotatable bonds is 17. The second kappa shape index (κ2) is 18.2. The van der Waals surface area contributed by atoms with E-state index >= 15 is 0 Å². The van der Waals surface area contributed by atoms with Gasteiger partial charge < -0.3 is 29.0 Å². The molecule has 0 aliphatic heterocycles. The molecule has 1 unspecified atom stereocenters. The predicted octanol–water partition coefficient (Wildman–Crippen LogP) is 4.50. The maximum absolute atomic E-state index is 12.4. The van der Waals surface area contributed by atoms with Gasteiger partial charge in [0, 0.05) is 19.4 Å². The number of nitrogens with one attached hydrogen (secondary N) is 1. The van der Waals surface area contributed by atoms with Crippen molar-refractivity contribution in [2.24, 2.45) is 0 Å². The van der Waals surface area contributed by atoms with Gasteiger partial charge in [0.25, 0.3) is 0 Å². The van der Waals surface area contributed by atoms with Gasteiger partial charge in [0.15, 0.2) is 11.5 Å². The Morgan fingerprint density at radius 2 is 1.54 bits per heavy atom. The second-order valence-electron chi connectivity index (χ2n) is 8.61. The first kappa shape index (κ1) is 31.9. The normalized spacial score (nSPS) is 12.2. The largest absolute Gasteiger partial charge is 0.508 e. The molecule has 0 saturated carbocycles. The Bertz CT molecular complexity index is 871. The molecule has 10 heteroatoms. The van der Waals surface area contributed by atoms with Gasteiger partial charge in [-0.2, -0.15) is 0 Å². The Hall–Kier alpha value is -3.14. The lowest BCUT2D eigenvalue weighted by Crippen LogP contribution is -2.41. The molecule has 1 aromatic rings. The van der Waals surface area contributed by atoms with Gasteiger partial charge in [0.1, 0.15) is 18.8 Å². The monoisotopic (exact) mass is 523 g/mol. The van der Waals surface area contributed by atoms with Crippen LogP contribution in [0.15, 0.2) is 18.2 Å². The summed E-state index contributed by atoms with van der Waals surface area (Å²) in [6.45, 7) is 7.77. The molecule has 10 nitrogen and oxygen atoms in total. The van der Waals surface area contributed by atoms with Crippen molar-refractivity contribution in [1.29, 1.82) is 0 Å². The summed E-state index contributed by atoms with van der Waals surface area (Å²) >= 11 is 0. The molecule has 0 bridgehead atoms. The molecule has 1 N–H and O–H groups in total. The molecule has 0 spiro atoms. The molecule has 208 valence electrons. The van der Waals surface area contributed by atoms with E-state index in [1.165, 1.54) is 7.11 Å². The van der Waals surface area contributed by atoms with Crippen molar-refractivity contribution in [3.05, 3.63) is 23.8 Å². The molecule has 0 saturated heterocycles. The smallest absolute Gasteiger partial charge is 0.468 e. The van der Waals surface area contributed by atoms with Crippen LogP contribution in [0.5, 0.6) is 11.5 Å². The number of ether oxygens (including phenoxy) is 5. The van der Waals surface area contributed by atoms with Crippen LogP contribution in [0.1, 0.15) is 78.2 Å². The van der Waals surface area contributed by atoms with Gasteiger partial charge in [-0.3, -0.25) is 14.4 Å². The van der Waals surface area contributed by atoms with Crippen LogP contribution < -0.4 is 14.8 Å². The Balaban J connectivity index is 2.92. The van der Waals surface area contributed by atoms with Crippen molar-refractivity contribution >= 4 is 24.1 Å². The van der Waals surface area contributed by atoms with Gasteiger partial charge in [-0.05, 0) is 50.3 Å². The van der Waals surface area contributed by atoms with Crippen LogP contribution in [-0.4, -0.2) is 56.5 Å². The van der Waals surface area contributed by atoms with Crippen molar-refractivity contribution in [3.8, 4) is 11.5 Å². The van der Waals surface area contributed by atoms with Crippen LogP contribution in [0.2, 0.25) is 0 Å². The Morgan fingerprint density at radius 3 is 2.11 bits per heavy atom. The minimum absolute atomic E-state index is 0.00426. The van der Waals surface area contributed by atoms with Crippen molar-refractivity contribution in [1.82, 2.24) is 5.32 Å². The molecule has 0 aliphatic carbocycles. The summed E-state index contributed by atoms with van der Waals surface area (Å²) < 4.78 is 25.9. The third-order valence-corrected chi connectivity index (χ3v) is 5.44. The number of hydrogen-bond donors (Lipinski definition) is 1. The van der Waals surface area contributed by atoms with E-state index < -0.39 is 30.1 Å². The zero-order valence-corrected chi connectivity index (χ0v) is 22.6. The van der Waals surface area contributed by atoms with Crippen LogP contribution >= 0.6 is 0 Å². The fraction of sp³-hybridized carbons (Fsp3) is 0.630. The number of methoxy groups -OCH3 is 1. The van der Waals surface area contributed by atoms with Gasteiger partial charge >= 0.3 is 24.1 Å². The fourth-order valence-electron chi connectivity index (χ4n) is 3.10. The van der Waals surface area contributed by atoms with Gasteiger partial charge in [-0.1, -0.05) is 39.7 Å². The quantitative estimate of drug-likeness (QED) is 0.177. The molecular formula is C27H41NO9. The number of unbranched alkanes of at least 4 members (excludes halogenated alkanes) is 2. The maximum atomic E-state index is 12.4. The average Bonchev–Trinajstić information content (AvgIpc) is 2.88. The van der Waals surface area contributed by atoms with E-state index in [0.29, 0.717) is 24.8 Å². The molecular weight excluding hydrogens is 482 g/mol. The highest BCUT2D eigenvalue weighted by atomic mass is 16.7. The molecule has 0 radical (unpaired) electrons. The molecule has 1 rings (SSSR count). The average molecular weight is 524 g/mol. The highest BCUT2D eigenvalue weighted by Crippen LogP contribution is 2.30. The van der Waals surface area contributed by atoms with Gasteiger partial charge in [-0.15, -0.1) is 0 Å². The lowest BCUT2D eigenvalue weighted by molar-refractivity contribution is -0.143. The summed E-state index contributed by atoms with van der Waals surface area (Å²) in [5, 5.41) is 3.00. The lowest BCUT2D eigenvalue weighted by Gasteiger charge is -2.18. The zero-order valence-electron chi connectivity index (χ0n) is 22.6. The minimum atomic E-state index is -0.774. The second-order valence-corrected chi connectivity index (χ2v) is 8.61. The lowest BCUT2D eigenvalue weighted by atomic mass is 10.1. The Kier molecular flexibility index (Phi) is 15.6. The van der Waals surface area contributed by atoms with E-state index in [-0.39, 0.29) is 50.0 Å². The summed E-state index contributed by atoms with van der Waals surface area (Å²) in [5.41, 5.74) is 0.645. The summed E-state index contributed by atoms with van der Waals surface area (Å²) in [5.74, 6) is -1.11. The highest BCUT2D eigenvalue weighted by molar-refractivity contribution is 5.77. The van der Waals surface area contributed by atoms with E-state index in [0.717, 1.165) is 12.8 Å². The topological polar surface area (TPSA) is 126 Å². The molecule has 37 heavy (non-hydrogen) atoms. The summed E-state index contributed by atoms with van der Waals surface area (Å²) in [7, 11) is 1.27. The standard InChI is InChI=1S/C27H41NO9/c1-6-9-11-24(29)36-22-14-13-20(18-23(22)37-25(30)12-10-7-2)17-21(26(31)33-5)28-15-16-34-27(32)35-19(4)8-3/h13-14,18-19,21,28H,6-12,15-17H2,1-5H3/t19?,21-/m0/s1. The fourth-order valence-corrected chi connectivity index (χ4v) is 3.10. The third kappa shape index (κ3) is 13.1. The number of benzene rings is 1. The van der Waals surface area contributed by atoms with Crippen LogP contribution in [0.4, 0.5) is 4.79 Å². The van der Waals surface area contributed by atoms with E-state index in [2.05, 4.69) is 5.32 Å². The summed E-state index contributed by atoms with van der Waals surface area (Å²) in [6.07, 6.45) is 3.36. The van der Waals surface area contributed by atoms with Gasteiger partial charge in [0.2, 0.25) is 0 Å². The summed E-state index contributed by atoms with van der Waals surface area (Å²) in [6, 6.07) is 4.04. The van der Waals surface area contributed by atoms with Gasteiger partial charge in [0.05, 0.1) is 7.11 Å². The Morgan fingerprint density at radius 1 is 0.919 bits per heavy atom. The number of carbonyl (C=O) groups excluding carboxylic acids is 4. The van der Waals surface area contributed by atoms with Crippen LogP contribution in [0.25, 0.3) is 0 Å². The van der Waals surface area contributed by atoms with Crippen molar-refractivity contribution < 1.29 is 42.9 Å². The molecule has 0 aliphatic rings. The van der Waals surface area contributed by atoms with Gasteiger partial charge in [-0.25, -0.2) is 4.79 Å². The third-order valence-electron chi connectivity index (χ3n) is 5.44. The first-order chi connectivity index (χ1) is 17.7. The zero-order chi connectivity index (χ0) is 27.6. The molecule has 0 aromatic heterocycles. The van der Waals surface area contributed by atoms with Crippen LogP contribution in [-0.2, 0) is 35.0 Å². The predicted molar refractivity (Wildman–Crippen MR) is 136 cm³/mol. The highest BCUT2D eigenvalue weighted by Gasteiger charge is 2.22. The van der Waals surface area contributed by atoms with E-state index in [1.807, 2.05) is 20.8 Å². The Labute approximate surface area is 219 Å². The maximum Gasteiger partial charge on any atom is 0.508 e. The molecule has 0 amide bonds. The van der Waals surface area contributed by atoms with Crippen molar-refractivity contribution in [3.63, 3.8) is 0 Å². The molecule has 0 fully saturated rings. The first-order valence-electron chi connectivity index (χ1n) is 12.9.